The van der Waals surface area contributed by atoms with Crippen molar-refractivity contribution in [2.75, 3.05) is 14.1 Å². The predicted molar refractivity (Wildman–Crippen MR) is 86.9 cm³/mol. The average Bonchev–Trinajstić information content (AvgIpc) is 3.02. The molecular weight excluding hydrogens is 374 g/mol. The van der Waals surface area contributed by atoms with Crippen molar-refractivity contribution >= 4 is 22.5 Å². The van der Waals surface area contributed by atoms with Crippen LogP contribution in [-0.4, -0.2) is 54.8 Å². The van der Waals surface area contributed by atoms with Crippen LogP contribution in [0.3, 0.4) is 0 Å². The molecule has 0 radical (unpaired) electrons. The first-order valence-corrected chi connectivity index (χ1v) is 8.38. The molecule has 0 atom stereocenters. The summed E-state index contributed by atoms with van der Waals surface area (Å²) >= 11 is 0. The normalized spacial score (nSPS) is 11.9. The maximum absolute atomic E-state index is 12.7. The molecule has 2 aromatic rings. The first kappa shape index (κ1) is 19.3. The molecule has 1 heterocycles. The first-order valence-electron chi connectivity index (χ1n) is 6.94. The van der Waals surface area contributed by atoms with Gasteiger partial charge in [0.2, 0.25) is 0 Å². The van der Waals surface area contributed by atoms with Gasteiger partial charge in [-0.05, 0) is 12.1 Å². The van der Waals surface area contributed by atoms with Gasteiger partial charge in [0.1, 0.15) is 17.0 Å². The highest BCUT2D eigenvalue weighted by Gasteiger charge is 2.22. The highest BCUT2D eigenvalue weighted by Crippen LogP contribution is 2.32. The molecule has 0 bridgehead atoms. The molecule has 0 aliphatic carbocycles. The molecule has 26 heavy (non-hydrogen) atoms. The molecular formula is C14H14F2N4O5S. The standard InChI is InChI=1S/C14H14F2N4O5S/c1-19(2)8-18-26(23,24)12-5-10(25-14(21)22)3-4-11(12)9-6-17-20(7-9)13(15)16/h3-8,13H,1-2H3,(H,21,22)/b18-8+. The number of nitrogens with zero attached hydrogens (tertiary/aromatic N) is 4. The van der Waals surface area contributed by atoms with Gasteiger partial charge in [0.25, 0.3) is 10.0 Å². The van der Waals surface area contributed by atoms with E-state index >= 15 is 0 Å². The van der Waals surface area contributed by atoms with E-state index < -0.39 is 27.6 Å². The van der Waals surface area contributed by atoms with Gasteiger partial charge in [-0.1, -0.05) is 0 Å². The van der Waals surface area contributed by atoms with E-state index in [0.717, 1.165) is 24.8 Å². The summed E-state index contributed by atoms with van der Waals surface area (Å²) in [4.78, 5) is 11.6. The van der Waals surface area contributed by atoms with Crippen molar-refractivity contribution in [1.29, 1.82) is 0 Å². The molecule has 0 fully saturated rings. The number of alkyl halides is 2. The third-order valence-electron chi connectivity index (χ3n) is 2.97. The van der Waals surface area contributed by atoms with Crippen LogP contribution in [-0.2, 0) is 10.0 Å². The quantitative estimate of drug-likeness (QED) is 0.349. The summed E-state index contributed by atoms with van der Waals surface area (Å²) in [6.07, 6.45) is 1.43. The number of benzene rings is 1. The average molecular weight is 388 g/mol. The second-order valence-corrected chi connectivity index (χ2v) is 6.77. The lowest BCUT2D eigenvalue weighted by atomic mass is 10.1. The van der Waals surface area contributed by atoms with Crippen LogP contribution in [0, 0.1) is 0 Å². The lowest BCUT2D eigenvalue weighted by molar-refractivity contribution is 0.0566. The molecule has 0 saturated heterocycles. The number of ether oxygens (including phenoxy) is 1. The Morgan fingerprint density at radius 3 is 2.65 bits per heavy atom. The molecule has 0 aliphatic heterocycles. The summed E-state index contributed by atoms with van der Waals surface area (Å²) in [5, 5.41) is 12.1. The number of hydrogen-bond acceptors (Lipinski definition) is 5. The number of sulfonamides is 1. The summed E-state index contributed by atoms with van der Waals surface area (Å²) in [6.45, 7) is -2.90. The molecule has 12 heteroatoms. The molecule has 1 aromatic heterocycles. The minimum Gasteiger partial charge on any atom is -0.449 e. The Morgan fingerprint density at radius 2 is 2.12 bits per heavy atom. The van der Waals surface area contributed by atoms with Crippen molar-refractivity contribution < 1.29 is 31.8 Å². The summed E-state index contributed by atoms with van der Waals surface area (Å²) in [6, 6.07) is 3.37. The van der Waals surface area contributed by atoms with Gasteiger partial charge >= 0.3 is 12.7 Å². The fraction of sp³-hybridized carbons (Fsp3) is 0.214. The molecule has 9 nitrogen and oxygen atoms in total. The number of rotatable bonds is 6. The van der Waals surface area contributed by atoms with E-state index in [0.29, 0.717) is 4.68 Å². The Labute approximate surface area is 147 Å². The van der Waals surface area contributed by atoms with Crippen LogP contribution in [0.2, 0.25) is 0 Å². The monoisotopic (exact) mass is 388 g/mol. The zero-order valence-electron chi connectivity index (χ0n) is 13.6. The van der Waals surface area contributed by atoms with Gasteiger partial charge in [0.15, 0.2) is 0 Å². The second kappa shape index (κ2) is 7.47. The molecule has 1 N–H and O–H groups in total. The summed E-state index contributed by atoms with van der Waals surface area (Å²) in [5.74, 6) is -0.263. The van der Waals surface area contributed by atoms with E-state index in [-0.39, 0.29) is 16.9 Å². The minimum atomic E-state index is -4.27. The van der Waals surface area contributed by atoms with E-state index in [1.54, 1.807) is 14.1 Å². The molecule has 0 unspecified atom stereocenters. The maximum atomic E-state index is 12.7. The topological polar surface area (TPSA) is 114 Å². The molecule has 0 saturated carbocycles. The van der Waals surface area contributed by atoms with Gasteiger partial charge < -0.3 is 14.7 Å². The van der Waals surface area contributed by atoms with E-state index in [1.807, 2.05) is 0 Å². The van der Waals surface area contributed by atoms with E-state index in [4.69, 9.17) is 5.11 Å². The van der Waals surface area contributed by atoms with Gasteiger partial charge in [0, 0.05) is 37.5 Å². The van der Waals surface area contributed by atoms with Gasteiger partial charge in [-0.25, -0.2) is 9.48 Å². The van der Waals surface area contributed by atoms with Crippen molar-refractivity contribution in [3.63, 3.8) is 0 Å². The third kappa shape index (κ3) is 4.53. The lowest BCUT2D eigenvalue weighted by Gasteiger charge is -2.09. The molecule has 2 rings (SSSR count). The zero-order chi connectivity index (χ0) is 19.5. The highest BCUT2D eigenvalue weighted by molar-refractivity contribution is 7.90. The SMILES string of the molecule is CN(C)/C=N/S(=O)(=O)c1cc(OC(=O)O)ccc1-c1cnn(C(F)F)c1. The van der Waals surface area contributed by atoms with Crippen molar-refractivity contribution in [2.24, 2.45) is 4.40 Å². The fourth-order valence-electron chi connectivity index (χ4n) is 1.92. The van der Waals surface area contributed by atoms with Crippen LogP contribution in [0.1, 0.15) is 6.55 Å². The second-order valence-electron chi connectivity index (χ2n) is 5.17. The molecule has 0 amide bonds. The smallest absolute Gasteiger partial charge is 0.449 e. The predicted octanol–water partition coefficient (Wildman–Crippen LogP) is 2.28. The number of halogens is 2. The maximum Gasteiger partial charge on any atom is 0.511 e. The van der Waals surface area contributed by atoms with Gasteiger partial charge in [-0.3, -0.25) is 0 Å². The fourth-order valence-corrected chi connectivity index (χ4v) is 3.07. The summed E-state index contributed by atoms with van der Waals surface area (Å²) in [7, 11) is -1.17. The molecule has 140 valence electrons. The van der Waals surface area contributed by atoms with Crippen molar-refractivity contribution in [3.8, 4) is 16.9 Å². The molecule has 1 aromatic carbocycles. The van der Waals surface area contributed by atoms with Gasteiger partial charge in [-0.2, -0.15) is 22.3 Å². The first-order chi connectivity index (χ1) is 12.1. The van der Waals surface area contributed by atoms with Gasteiger partial charge in [-0.15, -0.1) is 4.40 Å². The van der Waals surface area contributed by atoms with Crippen molar-refractivity contribution in [1.82, 2.24) is 14.7 Å². The Kier molecular flexibility index (Phi) is 5.55. The van der Waals surface area contributed by atoms with Crippen LogP contribution in [0.25, 0.3) is 11.1 Å². The van der Waals surface area contributed by atoms with E-state index in [9.17, 15) is 22.0 Å². The highest BCUT2D eigenvalue weighted by atomic mass is 32.2. The zero-order valence-corrected chi connectivity index (χ0v) is 14.4. The van der Waals surface area contributed by atoms with Crippen molar-refractivity contribution in [2.45, 2.75) is 11.4 Å². The summed E-state index contributed by atoms with van der Waals surface area (Å²) in [5.41, 5.74) is 0.108. The Morgan fingerprint density at radius 1 is 1.42 bits per heavy atom. The number of carboxylic acid groups (broad SMARTS) is 1. The van der Waals surface area contributed by atoms with Crippen LogP contribution in [0.15, 0.2) is 39.9 Å². The number of aromatic nitrogens is 2. The van der Waals surface area contributed by atoms with Crippen LogP contribution in [0.4, 0.5) is 13.6 Å². The number of hydrogen-bond donors (Lipinski definition) is 1. The Hall–Kier alpha value is -3.02. The molecule has 0 spiro atoms. The van der Waals surface area contributed by atoms with Crippen molar-refractivity contribution in [3.05, 3.63) is 30.6 Å². The summed E-state index contributed by atoms with van der Waals surface area (Å²) < 4.78 is 58.7. The van der Waals surface area contributed by atoms with E-state index in [2.05, 4.69) is 14.2 Å². The van der Waals surface area contributed by atoms with Crippen LogP contribution < -0.4 is 4.74 Å². The molecule has 0 aliphatic rings. The lowest BCUT2D eigenvalue weighted by Crippen LogP contribution is -2.11. The number of carbonyl (C=O) groups is 1. The minimum absolute atomic E-state index is 0.0190. The van der Waals surface area contributed by atoms with Crippen LogP contribution in [0.5, 0.6) is 5.75 Å². The largest absolute Gasteiger partial charge is 0.511 e. The third-order valence-corrected chi connectivity index (χ3v) is 4.23. The van der Waals surface area contributed by atoms with E-state index in [1.165, 1.54) is 17.0 Å². The Balaban J connectivity index is 2.61. The Bertz CT molecular complexity index is 941. The van der Waals surface area contributed by atoms with Crippen LogP contribution >= 0.6 is 0 Å². The van der Waals surface area contributed by atoms with Gasteiger partial charge in [0.05, 0.1) is 6.20 Å².